The molecule has 0 aromatic heterocycles. The lowest BCUT2D eigenvalue weighted by atomic mass is 10.2. The van der Waals surface area contributed by atoms with Gasteiger partial charge in [0, 0.05) is 12.6 Å². The van der Waals surface area contributed by atoms with E-state index in [9.17, 15) is 0 Å². The monoisotopic (exact) mass is 269 g/mol. The van der Waals surface area contributed by atoms with Crippen molar-refractivity contribution in [3.8, 4) is 34.4 Å². The molecule has 0 spiro atoms. The summed E-state index contributed by atoms with van der Waals surface area (Å²) in [5.74, 6) is 3.10. The van der Waals surface area contributed by atoms with Gasteiger partial charge in [-0.05, 0) is 18.2 Å². The van der Waals surface area contributed by atoms with Gasteiger partial charge in [-0.15, -0.1) is 0 Å². The van der Waals surface area contributed by atoms with E-state index in [0.717, 1.165) is 11.3 Å². The normalized spacial score (nSPS) is 13.1. The lowest BCUT2D eigenvalue weighted by molar-refractivity contribution is 0.174. The Morgan fingerprint density at radius 3 is 2.90 bits per heavy atom. The van der Waals surface area contributed by atoms with Crippen LogP contribution in [-0.2, 0) is 7.05 Å². The third kappa shape index (κ3) is 1.49. The average Bonchev–Trinajstić information content (AvgIpc) is 3.08. The molecule has 1 aromatic carbocycles. The van der Waals surface area contributed by atoms with Crippen LogP contribution < -0.4 is 15.2 Å². The van der Waals surface area contributed by atoms with Gasteiger partial charge in [-0.3, -0.25) is 0 Å². The Bertz CT molecular complexity index is 747. The largest absolute Gasteiger partial charge is 0.454 e. The number of fused-ring (bicyclic) bond motifs is 2. The second kappa shape index (κ2) is 3.83. The van der Waals surface area contributed by atoms with Gasteiger partial charge in [-0.1, -0.05) is 0 Å². The van der Waals surface area contributed by atoms with E-state index in [1.807, 2.05) is 25.2 Å². The number of benzene rings is 1. The Labute approximate surface area is 114 Å². The summed E-state index contributed by atoms with van der Waals surface area (Å²) in [5, 5.41) is 0. The number of anilines is 1. The third-order valence-electron chi connectivity index (χ3n) is 3.22. The van der Waals surface area contributed by atoms with E-state index in [1.54, 1.807) is 10.9 Å². The molecule has 0 saturated carbocycles. The number of imidazole rings is 1. The number of ether oxygens (including phenoxy) is 2. The molecule has 20 heavy (non-hydrogen) atoms. The topological polar surface area (TPSA) is 88.1 Å². The van der Waals surface area contributed by atoms with Gasteiger partial charge in [0.05, 0.1) is 6.33 Å². The first kappa shape index (κ1) is 11.0. The Morgan fingerprint density at radius 2 is 2.05 bits per heavy atom. The van der Waals surface area contributed by atoms with Crippen molar-refractivity contribution in [1.29, 1.82) is 0 Å². The second-order valence-corrected chi connectivity index (χ2v) is 4.53. The molecule has 7 heteroatoms. The molecule has 3 aliphatic rings. The van der Waals surface area contributed by atoms with Gasteiger partial charge in [0.1, 0.15) is 0 Å². The first-order valence-electron chi connectivity index (χ1n) is 6.07. The van der Waals surface area contributed by atoms with E-state index in [0.29, 0.717) is 28.9 Å². The number of hydrogen-bond acceptors (Lipinski definition) is 6. The molecule has 3 aliphatic heterocycles. The van der Waals surface area contributed by atoms with Crippen LogP contribution in [0.2, 0.25) is 0 Å². The van der Waals surface area contributed by atoms with Crippen LogP contribution >= 0.6 is 0 Å². The van der Waals surface area contributed by atoms with Crippen molar-refractivity contribution in [2.45, 2.75) is 0 Å². The minimum Gasteiger partial charge on any atom is -0.454 e. The second-order valence-electron chi connectivity index (χ2n) is 4.53. The molecule has 3 heterocycles. The maximum atomic E-state index is 5.84. The van der Waals surface area contributed by atoms with Gasteiger partial charge in [0.15, 0.2) is 34.7 Å². The summed E-state index contributed by atoms with van der Waals surface area (Å²) in [6.07, 6.45) is 1.62. The molecule has 0 unspecified atom stereocenters. The van der Waals surface area contributed by atoms with Crippen LogP contribution in [0, 0.1) is 0 Å². The summed E-state index contributed by atoms with van der Waals surface area (Å²) in [4.78, 5) is 13.0. The fourth-order valence-electron chi connectivity index (χ4n) is 2.18. The lowest BCUT2D eigenvalue weighted by Gasteiger charge is -2.03. The number of hydrogen-bond donors (Lipinski definition) is 1. The molecule has 0 aliphatic carbocycles. The zero-order chi connectivity index (χ0) is 13.7. The molecule has 7 nitrogen and oxygen atoms in total. The van der Waals surface area contributed by atoms with Crippen molar-refractivity contribution >= 4 is 5.82 Å². The molecule has 0 fully saturated rings. The van der Waals surface area contributed by atoms with E-state index in [2.05, 4.69) is 15.0 Å². The first-order chi connectivity index (χ1) is 9.72. The van der Waals surface area contributed by atoms with Gasteiger partial charge >= 0.3 is 0 Å². The number of aryl methyl sites for hydroxylation is 1. The highest BCUT2D eigenvalue weighted by Gasteiger charge is 2.20. The molecular weight excluding hydrogens is 258 g/mol. The maximum Gasteiger partial charge on any atom is 0.231 e. The number of nitrogens with zero attached hydrogens (tertiary/aromatic N) is 4. The molecule has 100 valence electrons. The standard InChI is InChI=1S/C13H11N5O2/c1-18-5-15-11(14)10-13(18)17-12(16-10)7-2-3-8-9(4-7)20-6-19-8/h2-5H,6,14H2,1H3. The molecule has 0 bridgehead atoms. The Kier molecular flexibility index (Phi) is 2.11. The van der Waals surface area contributed by atoms with Gasteiger partial charge in [0.25, 0.3) is 0 Å². The van der Waals surface area contributed by atoms with Crippen LogP contribution in [0.5, 0.6) is 11.5 Å². The minimum atomic E-state index is 0.245. The van der Waals surface area contributed by atoms with E-state index in [-0.39, 0.29) is 6.79 Å². The molecular formula is C13H11N5O2. The molecule has 0 amide bonds. The summed E-state index contributed by atoms with van der Waals surface area (Å²) in [7, 11) is 1.85. The van der Waals surface area contributed by atoms with Gasteiger partial charge in [-0.2, -0.15) is 0 Å². The summed E-state index contributed by atoms with van der Waals surface area (Å²) >= 11 is 0. The molecule has 1 aromatic rings. The molecule has 2 N–H and O–H groups in total. The summed E-state index contributed by atoms with van der Waals surface area (Å²) in [5.41, 5.74) is 7.29. The van der Waals surface area contributed by atoms with E-state index < -0.39 is 0 Å². The van der Waals surface area contributed by atoms with Crippen LogP contribution in [0.15, 0.2) is 24.5 Å². The SMILES string of the molecule is Cn1cnc(N)c2nc(-c3ccc4c(c3)OCO4)nc1-2. The summed E-state index contributed by atoms with van der Waals surface area (Å²) < 4.78 is 12.4. The number of aromatic nitrogens is 4. The predicted molar refractivity (Wildman–Crippen MR) is 71.4 cm³/mol. The van der Waals surface area contributed by atoms with Crippen LogP contribution in [-0.4, -0.2) is 26.3 Å². The van der Waals surface area contributed by atoms with Crippen molar-refractivity contribution < 1.29 is 9.47 Å². The third-order valence-corrected chi connectivity index (χ3v) is 3.22. The Hall–Kier alpha value is -2.83. The summed E-state index contributed by atoms with van der Waals surface area (Å²) in [6, 6.07) is 5.60. The van der Waals surface area contributed by atoms with Crippen LogP contribution in [0.25, 0.3) is 22.9 Å². The highest BCUT2D eigenvalue weighted by molar-refractivity contribution is 5.72. The molecule has 0 radical (unpaired) electrons. The van der Waals surface area contributed by atoms with Crippen molar-refractivity contribution in [3.63, 3.8) is 0 Å². The molecule has 0 saturated heterocycles. The lowest BCUT2D eigenvalue weighted by Crippen LogP contribution is -2.03. The van der Waals surface area contributed by atoms with E-state index in [1.165, 1.54) is 0 Å². The highest BCUT2D eigenvalue weighted by Crippen LogP contribution is 2.36. The zero-order valence-corrected chi connectivity index (χ0v) is 10.7. The predicted octanol–water partition coefficient (Wildman–Crippen LogP) is 1.29. The smallest absolute Gasteiger partial charge is 0.231 e. The van der Waals surface area contributed by atoms with Crippen molar-refractivity contribution in [2.24, 2.45) is 7.05 Å². The first-order valence-corrected chi connectivity index (χ1v) is 6.07. The van der Waals surface area contributed by atoms with Crippen molar-refractivity contribution in [2.75, 3.05) is 12.5 Å². The zero-order valence-electron chi connectivity index (χ0n) is 10.7. The molecule has 0 atom stereocenters. The Morgan fingerprint density at radius 1 is 1.20 bits per heavy atom. The van der Waals surface area contributed by atoms with E-state index >= 15 is 0 Å². The van der Waals surface area contributed by atoms with E-state index in [4.69, 9.17) is 15.2 Å². The maximum absolute atomic E-state index is 5.84. The number of nitrogens with two attached hydrogens (primary N) is 1. The summed E-state index contributed by atoms with van der Waals surface area (Å²) in [6.45, 7) is 0.245. The van der Waals surface area contributed by atoms with Gasteiger partial charge in [0.2, 0.25) is 6.79 Å². The number of rotatable bonds is 1. The van der Waals surface area contributed by atoms with Crippen LogP contribution in [0.1, 0.15) is 0 Å². The fraction of sp³-hybridized carbons (Fsp3) is 0.154. The van der Waals surface area contributed by atoms with Gasteiger partial charge in [-0.25, -0.2) is 15.0 Å². The van der Waals surface area contributed by atoms with Crippen molar-refractivity contribution in [1.82, 2.24) is 19.5 Å². The number of nitrogen functional groups attached to an aromatic ring is 1. The van der Waals surface area contributed by atoms with Gasteiger partial charge < -0.3 is 19.8 Å². The highest BCUT2D eigenvalue weighted by atomic mass is 16.7. The minimum absolute atomic E-state index is 0.245. The molecule has 4 rings (SSSR count). The van der Waals surface area contributed by atoms with Crippen molar-refractivity contribution in [3.05, 3.63) is 24.5 Å². The van der Waals surface area contributed by atoms with Crippen LogP contribution in [0.4, 0.5) is 5.82 Å². The Balaban J connectivity index is 1.89. The van der Waals surface area contributed by atoms with Crippen LogP contribution in [0.3, 0.4) is 0 Å². The quantitative estimate of drug-likeness (QED) is 0.716. The fourth-order valence-corrected chi connectivity index (χ4v) is 2.18. The average molecular weight is 269 g/mol.